The number of hydrogen-bond donors (Lipinski definition) is 1. The summed E-state index contributed by atoms with van der Waals surface area (Å²) >= 11 is 0. The highest BCUT2D eigenvalue weighted by atomic mass is 16.2. The van der Waals surface area contributed by atoms with Crippen molar-refractivity contribution in [3.63, 3.8) is 0 Å². The number of amides is 1. The van der Waals surface area contributed by atoms with Crippen molar-refractivity contribution >= 4 is 5.91 Å². The predicted octanol–water partition coefficient (Wildman–Crippen LogP) is 3.57. The zero-order valence-electron chi connectivity index (χ0n) is 13.4. The summed E-state index contributed by atoms with van der Waals surface area (Å²) in [4.78, 5) is 14.7. The molecule has 1 amide bonds. The number of carbonyl (C=O) groups excluding carboxylic acids is 1. The molecule has 114 valence electrons. The van der Waals surface area contributed by atoms with Gasteiger partial charge in [-0.15, -0.1) is 0 Å². The quantitative estimate of drug-likeness (QED) is 0.897. The standard InChI is InChI=1S/C18H26N2O/c1-4-5-12-20-16(19-18(10-11-18)17(20)21)15-8-6-14(7-9-15)13(2)3/h6-9,13,16,19H,4-5,10-12H2,1-3H3. The molecule has 1 unspecified atom stereocenters. The van der Waals surface area contributed by atoms with Gasteiger partial charge >= 0.3 is 0 Å². The fourth-order valence-corrected chi connectivity index (χ4v) is 3.16. The van der Waals surface area contributed by atoms with E-state index >= 15 is 0 Å². The van der Waals surface area contributed by atoms with Crippen molar-refractivity contribution in [3.05, 3.63) is 35.4 Å². The molecule has 0 radical (unpaired) electrons. The molecule has 1 aliphatic carbocycles. The van der Waals surface area contributed by atoms with E-state index in [9.17, 15) is 4.79 Å². The number of unbranched alkanes of at least 4 members (excludes halogenated alkanes) is 1. The van der Waals surface area contributed by atoms with Crippen molar-refractivity contribution in [3.8, 4) is 0 Å². The molecule has 1 atom stereocenters. The van der Waals surface area contributed by atoms with E-state index in [1.54, 1.807) is 0 Å². The summed E-state index contributed by atoms with van der Waals surface area (Å²) in [6.07, 6.45) is 4.25. The second-order valence-electron chi connectivity index (χ2n) is 6.80. The first-order valence-electron chi connectivity index (χ1n) is 8.26. The molecule has 2 aliphatic rings. The Morgan fingerprint density at radius 2 is 1.95 bits per heavy atom. The smallest absolute Gasteiger partial charge is 0.244 e. The van der Waals surface area contributed by atoms with Gasteiger partial charge in [-0.2, -0.15) is 0 Å². The van der Waals surface area contributed by atoms with Crippen LogP contribution in [0.1, 0.15) is 69.7 Å². The van der Waals surface area contributed by atoms with Gasteiger partial charge in [0.1, 0.15) is 11.7 Å². The Kier molecular flexibility index (Phi) is 3.78. The number of nitrogens with zero attached hydrogens (tertiary/aromatic N) is 1. The number of carbonyl (C=O) groups is 1. The van der Waals surface area contributed by atoms with E-state index in [4.69, 9.17) is 0 Å². The lowest BCUT2D eigenvalue weighted by Crippen LogP contribution is -2.32. The molecule has 3 heteroatoms. The second kappa shape index (κ2) is 5.45. The minimum Gasteiger partial charge on any atom is -0.321 e. The minimum atomic E-state index is -0.227. The van der Waals surface area contributed by atoms with Gasteiger partial charge in [0.05, 0.1) is 0 Å². The Labute approximate surface area is 127 Å². The van der Waals surface area contributed by atoms with Crippen LogP contribution in [-0.2, 0) is 4.79 Å². The van der Waals surface area contributed by atoms with Gasteiger partial charge in [0.15, 0.2) is 0 Å². The second-order valence-corrected chi connectivity index (χ2v) is 6.80. The summed E-state index contributed by atoms with van der Waals surface area (Å²) in [5.41, 5.74) is 2.34. The van der Waals surface area contributed by atoms with Crippen LogP contribution in [0.3, 0.4) is 0 Å². The number of nitrogens with one attached hydrogen (secondary N) is 1. The largest absolute Gasteiger partial charge is 0.321 e. The van der Waals surface area contributed by atoms with Crippen molar-refractivity contribution in [1.82, 2.24) is 10.2 Å². The molecular weight excluding hydrogens is 260 g/mol. The van der Waals surface area contributed by atoms with Gasteiger partial charge in [0, 0.05) is 6.54 Å². The zero-order valence-corrected chi connectivity index (χ0v) is 13.4. The molecule has 1 aliphatic heterocycles. The Balaban J connectivity index is 1.83. The fourth-order valence-electron chi connectivity index (χ4n) is 3.16. The lowest BCUT2D eigenvalue weighted by Gasteiger charge is -2.24. The Morgan fingerprint density at radius 1 is 1.29 bits per heavy atom. The highest BCUT2D eigenvalue weighted by Gasteiger charge is 2.59. The number of hydrogen-bond acceptors (Lipinski definition) is 2. The summed E-state index contributed by atoms with van der Waals surface area (Å²) in [5.74, 6) is 0.858. The van der Waals surface area contributed by atoms with Crippen LogP contribution in [0.5, 0.6) is 0 Å². The van der Waals surface area contributed by atoms with Crippen LogP contribution in [-0.4, -0.2) is 22.9 Å². The van der Waals surface area contributed by atoms with Gasteiger partial charge in [-0.3, -0.25) is 10.1 Å². The molecule has 0 bridgehead atoms. The molecule has 1 saturated carbocycles. The minimum absolute atomic E-state index is 0.0627. The molecule has 1 aromatic carbocycles. The summed E-state index contributed by atoms with van der Waals surface area (Å²) in [6, 6.07) is 8.76. The molecule has 1 aromatic rings. The van der Waals surface area contributed by atoms with Crippen molar-refractivity contribution in [2.45, 2.75) is 64.1 Å². The maximum Gasteiger partial charge on any atom is 0.244 e. The Bertz CT molecular complexity index is 517. The third kappa shape index (κ3) is 2.59. The van der Waals surface area contributed by atoms with E-state index in [0.29, 0.717) is 11.8 Å². The first-order valence-corrected chi connectivity index (χ1v) is 8.26. The fraction of sp³-hybridized carbons (Fsp3) is 0.611. The summed E-state index contributed by atoms with van der Waals surface area (Å²) in [7, 11) is 0. The van der Waals surface area contributed by atoms with Gasteiger partial charge in [-0.05, 0) is 36.3 Å². The maximum atomic E-state index is 12.6. The highest BCUT2D eigenvalue weighted by Crippen LogP contribution is 2.46. The molecule has 2 fully saturated rings. The molecule has 1 saturated heterocycles. The molecular formula is C18H26N2O. The van der Waals surface area contributed by atoms with Crippen LogP contribution in [0.15, 0.2) is 24.3 Å². The monoisotopic (exact) mass is 286 g/mol. The van der Waals surface area contributed by atoms with E-state index in [0.717, 1.165) is 32.2 Å². The van der Waals surface area contributed by atoms with Crippen molar-refractivity contribution in [2.75, 3.05) is 6.54 Å². The Morgan fingerprint density at radius 3 is 2.48 bits per heavy atom. The molecule has 3 nitrogen and oxygen atoms in total. The third-order valence-electron chi connectivity index (χ3n) is 4.82. The number of benzene rings is 1. The van der Waals surface area contributed by atoms with Crippen LogP contribution < -0.4 is 5.32 Å². The summed E-state index contributed by atoms with van der Waals surface area (Å²) < 4.78 is 0. The van der Waals surface area contributed by atoms with Gasteiger partial charge in [0.2, 0.25) is 5.91 Å². The summed E-state index contributed by atoms with van der Waals surface area (Å²) in [5, 5.41) is 3.59. The molecule has 21 heavy (non-hydrogen) atoms. The zero-order chi connectivity index (χ0) is 15.0. The lowest BCUT2D eigenvalue weighted by molar-refractivity contribution is -0.130. The van der Waals surface area contributed by atoms with Gasteiger partial charge < -0.3 is 4.90 Å². The van der Waals surface area contributed by atoms with E-state index in [-0.39, 0.29) is 11.7 Å². The van der Waals surface area contributed by atoms with Crippen molar-refractivity contribution in [2.24, 2.45) is 0 Å². The molecule has 1 spiro atoms. The van der Waals surface area contributed by atoms with Crippen LogP contribution in [0.4, 0.5) is 0 Å². The van der Waals surface area contributed by atoms with Crippen molar-refractivity contribution < 1.29 is 4.79 Å². The predicted molar refractivity (Wildman–Crippen MR) is 85.0 cm³/mol. The molecule has 3 rings (SSSR count). The maximum absolute atomic E-state index is 12.6. The first kappa shape index (κ1) is 14.6. The SMILES string of the molecule is CCCCN1C(=O)C2(CC2)NC1c1ccc(C(C)C)cc1. The van der Waals surface area contributed by atoms with Gasteiger partial charge in [-0.25, -0.2) is 0 Å². The van der Waals surface area contributed by atoms with Crippen LogP contribution >= 0.6 is 0 Å². The van der Waals surface area contributed by atoms with Crippen LogP contribution in [0.25, 0.3) is 0 Å². The van der Waals surface area contributed by atoms with Gasteiger partial charge in [0.25, 0.3) is 0 Å². The molecule has 1 heterocycles. The van der Waals surface area contributed by atoms with E-state index in [2.05, 4.69) is 55.3 Å². The lowest BCUT2D eigenvalue weighted by atomic mass is 10.0. The number of rotatable bonds is 5. The van der Waals surface area contributed by atoms with E-state index < -0.39 is 0 Å². The Hall–Kier alpha value is -1.35. The van der Waals surface area contributed by atoms with Crippen molar-refractivity contribution in [1.29, 1.82) is 0 Å². The van der Waals surface area contributed by atoms with Gasteiger partial charge in [-0.1, -0.05) is 51.5 Å². The molecule has 0 aromatic heterocycles. The third-order valence-corrected chi connectivity index (χ3v) is 4.82. The highest BCUT2D eigenvalue weighted by molar-refractivity contribution is 5.92. The van der Waals surface area contributed by atoms with Crippen LogP contribution in [0, 0.1) is 0 Å². The topological polar surface area (TPSA) is 32.3 Å². The summed E-state index contributed by atoms with van der Waals surface area (Å²) in [6.45, 7) is 7.45. The molecule has 1 N–H and O–H groups in total. The average Bonchev–Trinajstić information content (AvgIpc) is 3.21. The van der Waals surface area contributed by atoms with E-state index in [1.165, 1.54) is 11.1 Å². The van der Waals surface area contributed by atoms with E-state index in [1.807, 2.05) is 0 Å². The normalized spacial score (nSPS) is 23.3. The first-order chi connectivity index (χ1) is 10.1. The van der Waals surface area contributed by atoms with Crippen LogP contribution in [0.2, 0.25) is 0 Å². The average molecular weight is 286 g/mol.